The van der Waals surface area contributed by atoms with Gasteiger partial charge in [-0.1, -0.05) is 36.4 Å². The zero-order valence-electron chi connectivity index (χ0n) is 16.7. The summed E-state index contributed by atoms with van der Waals surface area (Å²) in [6, 6.07) is 18.1. The van der Waals surface area contributed by atoms with Gasteiger partial charge in [-0.05, 0) is 55.0 Å². The average Bonchev–Trinajstić information content (AvgIpc) is 2.74. The lowest BCUT2D eigenvalue weighted by Gasteiger charge is -2.15. The molecule has 4 rings (SSSR count). The Balaban J connectivity index is 2.14. The second-order valence-electron chi connectivity index (χ2n) is 7.08. The maximum Gasteiger partial charge on any atom is 0.416 e. The number of aromatic nitrogens is 3. The molecule has 0 atom stereocenters. The summed E-state index contributed by atoms with van der Waals surface area (Å²) in [6.45, 7) is 1.76. The third kappa shape index (κ3) is 3.68. The van der Waals surface area contributed by atoms with Gasteiger partial charge in [0.25, 0.3) is 0 Å². The minimum Gasteiger partial charge on any atom is -0.246 e. The van der Waals surface area contributed by atoms with E-state index in [0.29, 0.717) is 10.6 Å². The lowest BCUT2D eigenvalue weighted by Crippen LogP contribution is -2.52. The van der Waals surface area contributed by atoms with Crippen LogP contribution in [0.5, 0.6) is 0 Å². The Morgan fingerprint density at radius 3 is 1.59 bits per heavy atom. The van der Waals surface area contributed by atoms with Gasteiger partial charge < -0.3 is 0 Å². The predicted molar refractivity (Wildman–Crippen MR) is 113 cm³/mol. The van der Waals surface area contributed by atoms with Gasteiger partial charge in [0.15, 0.2) is 0 Å². The third-order valence-electron chi connectivity index (χ3n) is 4.85. The quantitative estimate of drug-likeness (QED) is 0.491. The third-order valence-corrected chi connectivity index (χ3v) is 4.85. The van der Waals surface area contributed by atoms with E-state index in [9.17, 15) is 27.6 Å². The molecule has 0 radical (unpaired) electrons. The fraction of sp³-hybridized carbons (Fsp3) is 0.0870. The molecule has 1 heterocycles. The second kappa shape index (κ2) is 7.84. The zero-order valence-corrected chi connectivity index (χ0v) is 16.7. The fourth-order valence-corrected chi connectivity index (χ4v) is 3.37. The average molecular weight is 439 g/mol. The van der Waals surface area contributed by atoms with Crippen LogP contribution in [0.2, 0.25) is 0 Å². The van der Waals surface area contributed by atoms with Crippen LogP contribution in [0.1, 0.15) is 11.1 Å². The molecule has 0 saturated carbocycles. The van der Waals surface area contributed by atoms with E-state index < -0.39 is 28.8 Å². The highest BCUT2D eigenvalue weighted by Crippen LogP contribution is 2.29. The van der Waals surface area contributed by atoms with Gasteiger partial charge in [-0.3, -0.25) is 0 Å². The molecular weight excluding hydrogens is 423 g/mol. The van der Waals surface area contributed by atoms with Crippen LogP contribution in [-0.2, 0) is 6.18 Å². The summed E-state index contributed by atoms with van der Waals surface area (Å²) in [5.41, 5.74) is -3.31. The van der Waals surface area contributed by atoms with E-state index in [1.165, 1.54) is 24.3 Å². The summed E-state index contributed by atoms with van der Waals surface area (Å²) in [5, 5.41) is 0. The van der Waals surface area contributed by atoms with E-state index in [-0.39, 0.29) is 17.1 Å². The first-order valence-electron chi connectivity index (χ1n) is 9.50. The molecule has 0 spiro atoms. The van der Waals surface area contributed by atoms with Crippen molar-refractivity contribution in [1.82, 2.24) is 13.7 Å². The number of hydrogen-bond donors (Lipinski definition) is 0. The zero-order chi connectivity index (χ0) is 23.0. The number of rotatable bonds is 3. The minimum absolute atomic E-state index is 0.171. The fourth-order valence-electron chi connectivity index (χ4n) is 3.37. The van der Waals surface area contributed by atoms with E-state index in [4.69, 9.17) is 0 Å². The van der Waals surface area contributed by atoms with Crippen molar-refractivity contribution in [2.75, 3.05) is 0 Å². The van der Waals surface area contributed by atoms with Gasteiger partial charge in [0.1, 0.15) is 0 Å². The molecule has 0 bridgehead atoms. The molecule has 0 unspecified atom stereocenters. The van der Waals surface area contributed by atoms with Gasteiger partial charge in [-0.25, -0.2) is 28.1 Å². The smallest absolute Gasteiger partial charge is 0.246 e. The molecule has 3 aromatic carbocycles. The van der Waals surface area contributed by atoms with Gasteiger partial charge in [0.2, 0.25) is 0 Å². The number of nitrogens with zero attached hydrogens (tertiary/aromatic N) is 3. The SMILES string of the molecule is Cc1cccc(-n2c(=O)n(-c3ccccc3)c(=O)n(-c3cccc(C(F)(F)F)c3)c2=O)c1. The first-order valence-corrected chi connectivity index (χ1v) is 9.50. The van der Waals surface area contributed by atoms with Crippen molar-refractivity contribution in [3.8, 4) is 17.1 Å². The van der Waals surface area contributed by atoms with Gasteiger partial charge in [-0.2, -0.15) is 13.2 Å². The van der Waals surface area contributed by atoms with Crippen LogP contribution >= 0.6 is 0 Å². The molecule has 1 aromatic heterocycles. The number of aryl methyl sites for hydroxylation is 1. The molecule has 0 aliphatic carbocycles. The van der Waals surface area contributed by atoms with E-state index in [1.807, 2.05) is 0 Å². The number of alkyl halides is 3. The van der Waals surface area contributed by atoms with Crippen LogP contribution in [-0.4, -0.2) is 13.7 Å². The first kappa shape index (κ1) is 21.1. The van der Waals surface area contributed by atoms with Gasteiger partial charge >= 0.3 is 23.2 Å². The van der Waals surface area contributed by atoms with Crippen LogP contribution in [0.15, 0.2) is 93.2 Å². The number of benzene rings is 3. The van der Waals surface area contributed by atoms with Crippen LogP contribution < -0.4 is 17.1 Å². The van der Waals surface area contributed by atoms with Crippen molar-refractivity contribution >= 4 is 0 Å². The highest BCUT2D eigenvalue weighted by molar-refractivity contribution is 5.40. The summed E-state index contributed by atoms with van der Waals surface area (Å²) in [6.07, 6.45) is -4.68. The van der Waals surface area contributed by atoms with Crippen LogP contribution in [0, 0.1) is 6.92 Å². The molecule has 162 valence electrons. The van der Waals surface area contributed by atoms with Gasteiger partial charge in [0.05, 0.1) is 22.6 Å². The Labute approximate surface area is 179 Å². The van der Waals surface area contributed by atoms with Crippen molar-refractivity contribution in [2.24, 2.45) is 0 Å². The molecule has 0 fully saturated rings. The number of halogens is 3. The summed E-state index contributed by atoms with van der Waals surface area (Å²) in [4.78, 5) is 39.8. The van der Waals surface area contributed by atoms with Crippen molar-refractivity contribution in [1.29, 1.82) is 0 Å². The molecule has 0 aliphatic heterocycles. The number of para-hydroxylation sites is 1. The van der Waals surface area contributed by atoms with Gasteiger partial charge in [0, 0.05) is 0 Å². The largest absolute Gasteiger partial charge is 0.416 e. The minimum atomic E-state index is -4.68. The van der Waals surface area contributed by atoms with Gasteiger partial charge in [-0.15, -0.1) is 0 Å². The van der Waals surface area contributed by atoms with Crippen LogP contribution in [0.4, 0.5) is 13.2 Å². The van der Waals surface area contributed by atoms with Crippen molar-refractivity contribution < 1.29 is 13.2 Å². The Hall–Kier alpha value is -4.14. The monoisotopic (exact) mass is 439 g/mol. The van der Waals surface area contributed by atoms with E-state index in [2.05, 4.69) is 0 Å². The first-order chi connectivity index (χ1) is 15.2. The van der Waals surface area contributed by atoms with E-state index in [1.54, 1.807) is 43.3 Å². The standard InChI is InChI=1S/C23H16F3N3O3/c1-15-7-5-11-18(13-15)28-20(30)27(17-9-3-2-4-10-17)21(31)29(22(28)32)19-12-6-8-16(14-19)23(24,25)26/h2-14H,1H3. The molecule has 9 heteroatoms. The molecular formula is C23H16F3N3O3. The van der Waals surface area contributed by atoms with E-state index >= 15 is 0 Å². The highest BCUT2D eigenvalue weighted by atomic mass is 19.4. The maximum absolute atomic E-state index is 13.3. The van der Waals surface area contributed by atoms with E-state index in [0.717, 1.165) is 26.8 Å². The second-order valence-corrected chi connectivity index (χ2v) is 7.08. The normalized spacial score (nSPS) is 11.5. The molecule has 6 nitrogen and oxygen atoms in total. The predicted octanol–water partition coefficient (Wildman–Crippen LogP) is 3.47. The molecule has 0 aliphatic rings. The van der Waals surface area contributed by atoms with Crippen molar-refractivity contribution in [3.63, 3.8) is 0 Å². The highest BCUT2D eigenvalue weighted by Gasteiger charge is 2.31. The Morgan fingerprint density at radius 1 is 0.594 bits per heavy atom. The maximum atomic E-state index is 13.3. The molecule has 0 N–H and O–H groups in total. The van der Waals surface area contributed by atoms with Crippen LogP contribution in [0.25, 0.3) is 17.1 Å². The van der Waals surface area contributed by atoms with Crippen LogP contribution in [0.3, 0.4) is 0 Å². The van der Waals surface area contributed by atoms with Crippen molar-refractivity contribution in [2.45, 2.75) is 13.1 Å². The lowest BCUT2D eigenvalue weighted by molar-refractivity contribution is -0.137. The molecule has 0 amide bonds. The molecule has 0 saturated heterocycles. The summed E-state index contributed by atoms with van der Waals surface area (Å²) in [7, 11) is 0. The Kier molecular flexibility index (Phi) is 5.17. The topological polar surface area (TPSA) is 66.0 Å². The Morgan fingerprint density at radius 2 is 1.06 bits per heavy atom. The summed E-state index contributed by atoms with van der Waals surface area (Å²) >= 11 is 0. The molecule has 4 aromatic rings. The lowest BCUT2D eigenvalue weighted by atomic mass is 10.2. The van der Waals surface area contributed by atoms with Crippen molar-refractivity contribution in [3.05, 3.63) is 121 Å². The Bertz CT molecular complexity index is 1480. The summed E-state index contributed by atoms with van der Waals surface area (Å²) < 4.78 is 41.8. The number of hydrogen-bond acceptors (Lipinski definition) is 3. The summed E-state index contributed by atoms with van der Waals surface area (Å²) in [5.74, 6) is 0. The molecule has 32 heavy (non-hydrogen) atoms.